The summed E-state index contributed by atoms with van der Waals surface area (Å²) in [5.74, 6) is -0.194. The maximum Gasteiger partial charge on any atom is 0.123 e. The molecule has 0 saturated heterocycles. The van der Waals surface area contributed by atoms with Gasteiger partial charge in [-0.3, -0.25) is 0 Å². The average molecular weight is 234 g/mol. The van der Waals surface area contributed by atoms with Crippen LogP contribution in [0.5, 0.6) is 0 Å². The Hall–Kier alpha value is -1.35. The number of hydrogen-bond acceptors (Lipinski definition) is 1. The molecule has 0 saturated carbocycles. The summed E-state index contributed by atoms with van der Waals surface area (Å²) in [5, 5.41) is 0.956. The van der Waals surface area contributed by atoms with Gasteiger partial charge in [0.2, 0.25) is 0 Å². The highest BCUT2D eigenvalue weighted by atomic mass is 19.1. The first-order chi connectivity index (χ1) is 8.20. The van der Waals surface area contributed by atoms with E-state index in [1.54, 1.807) is 12.1 Å². The van der Waals surface area contributed by atoms with E-state index in [1.165, 1.54) is 6.07 Å². The van der Waals surface area contributed by atoms with E-state index in [0.29, 0.717) is 0 Å². The number of hydrogen-bond donors (Lipinski definition) is 2. The second kappa shape index (κ2) is 5.32. The summed E-state index contributed by atoms with van der Waals surface area (Å²) in [6.07, 6.45) is 6.09. The number of unbranched alkanes of at least 4 members (excludes halogenated alkanes) is 1. The summed E-state index contributed by atoms with van der Waals surface area (Å²) >= 11 is 0. The Morgan fingerprint density at radius 1 is 1.41 bits per heavy atom. The van der Waals surface area contributed by atoms with Crippen LogP contribution in [-0.4, -0.2) is 11.0 Å². The molecular weight excluding hydrogens is 215 g/mol. The van der Waals surface area contributed by atoms with E-state index >= 15 is 0 Å². The molecule has 0 amide bonds. The fraction of sp³-hybridized carbons (Fsp3) is 0.429. The normalized spacial score (nSPS) is 13.1. The number of benzene rings is 1. The lowest BCUT2D eigenvalue weighted by Gasteiger charge is -2.09. The molecular formula is C14H19FN2. The van der Waals surface area contributed by atoms with E-state index in [9.17, 15) is 4.39 Å². The van der Waals surface area contributed by atoms with Gasteiger partial charge in [0.05, 0.1) is 0 Å². The molecule has 0 fully saturated rings. The Kier molecular flexibility index (Phi) is 3.79. The third-order valence-electron chi connectivity index (χ3n) is 3.14. The fourth-order valence-electron chi connectivity index (χ4n) is 2.17. The molecule has 0 aliphatic heterocycles. The number of halogens is 1. The summed E-state index contributed by atoms with van der Waals surface area (Å²) in [6, 6.07) is 4.98. The second-order valence-electron chi connectivity index (χ2n) is 4.61. The van der Waals surface area contributed by atoms with Crippen LogP contribution in [0, 0.1) is 5.82 Å². The third-order valence-corrected chi connectivity index (χ3v) is 3.14. The maximum atomic E-state index is 13.2. The quantitative estimate of drug-likeness (QED) is 0.818. The van der Waals surface area contributed by atoms with Crippen molar-refractivity contribution < 1.29 is 4.39 Å². The van der Waals surface area contributed by atoms with E-state index in [1.807, 2.05) is 6.20 Å². The molecule has 1 atom stereocenters. The van der Waals surface area contributed by atoms with Crippen molar-refractivity contribution in [3.63, 3.8) is 0 Å². The molecule has 17 heavy (non-hydrogen) atoms. The number of H-pyrrole nitrogens is 1. The first kappa shape index (κ1) is 12.1. The molecule has 92 valence electrons. The van der Waals surface area contributed by atoms with Gasteiger partial charge in [0.1, 0.15) is 5.82 Å². The van der Waals surface area contributed by atoms with Crippen LogP contribution in [0.3, 0.4) is 0 Å². The maximum absolute atomic E-state index is 13.2. The van der Waals surface area contributed by atoms with Gasteiger partial charge in [-0.25, -0.2) is 4.39 Å². The van der Waals surface area contributed by atoms with Gasteiger partial charge in [-0.2, -0.15) is 0 Å². The van der Waals surface area contributed by atoms with Gasteiger partial charge >= 0.3 is 0 Å². The van der Waals surface area contributed by atoms with Crippen LogP contribution < -0.4 is 5.73 Å². The number of nitrogens with two attached hydrogens (primary N) is 1. The molecule has 0 bridgehead atoms. The Morgan fingerprint density at radius 2 is 2.24 bits per heavy atom. The lowest BCUT2D eigenvalue weighted by atomic mass is 10.0. The minimum absolute atomic E-state index is 0.164. The molecule has 1 unspecified atom stereocenters. The minimum Gasteiger partial charge on any atom is -0.361 e. The molecule has 2 aromatic rings. The molecule has 2 nitrogen and oxygen atoms in total. The molecule has 3 heteroatoms. The van der Waals surface area contributed by atoms with Crippen molar-refractivity contribution in [3.05, 3.63) is 35.8 Å². The molecule has 1 heterocycles. The SMILES string of the molecule is CCCCC(N)Cc1c[nH]c2ccc(F)cc12. The van der Waals surface area contributed by atoms with Crippen LogP contribution in [0.15, 0.2) is 24.4 Å². The number of aromatic amines is 1. The Labute approximate surface area is 101 Å². The summed E-state index contributed by atoms with van der Waals surface area (Å²) < 4.78 is 13.2. The van der Waals surface area contributed by atoms with Crippen molar-refractivity contribution in [2.24, 2.45) is 5.73 Å². The highest BCUT2D eigenvalue weighted by Crippen LogP contribution is 2.21. The van der Waals surface area contributed by atoms with Crippen LogP contribution in [0.25, 0.3) is 10.9 Å². The fourth-order valence-corrected chi connectivity index (χ4v) is 2.17. The van der Waals surface area contributed by atoms with Crippen LogP contribution >= 0.6 is 0 Å². The first-order valence-electron chi connectivity index (χ1n) is 6.21. The smallest absolute Gasteiger partial charge is 0.123 e. The molecule has 0 aliphatic carbocycles. The van der Waals surface area contributed by atoms with E-state index in [2.05, 4.69) is 11.9 Å². The lowest BCUT2D eigenvalue weighted by Crippen LogP contribution is -2.22. The van der Waals surface area contributed by atoms with E-state index in [-0.39, 0.29) is 11.9 Å². The van der Waals surface area contributed by atoms with E-state index < -0.39 is 0 Å². The van der Waals surface area contributed by atoms with E-state index in [4.69, 9.17) is 5.73 Å². The monoisotopic (exact) mass is 234 g/mol. The van der Waals surface area contributed by atoms with Gasteiger partial charge in [-0.15, -0.1) is 0 Å². The molecule has 0 spiro atoms. The van der Waals surface area contributed by atoms with Crippen molar-refractivity contribution in [3.8, 4) is 0 Å². The second-order valence-corrected chi connectivity index (χ2v) is 4.61. The minimum atomic E-state index is -0.194. The van der Waals surface area contributed by atoms with Gasteiger partial charge in [-0.05, 0) is 36.6 Å². The average Bonchev–Trinajstić information content (AvgIpc) is 2.69. The zero-order valence-electron chi connectivity index (χ0n) is 10.2. The van der Waals surface area contributed by atoms with Crippen molar-refractivity contribution >= 4 is 10.9 Å². The summed E-state index contributed by atoms with van der Waals surface area (Å²) in [6.45, 7) is 2.16. The predicted octanol–water partition coefficient (Wildman–Crippen LogP) is 3.37. The van der Waals surface area contributed by atoms with Crippen molar-refractivity contribution in [1.82, 2.24) is 4.98 Å². The van der Waals surface area contributed by atoms with Gasteiger partial charge < -0.3 is 10.7 Å². The van der Waals surface area contributed by atoms with Crippen molar-refractivity contribution in [1.29, 1.82) is 0 Å². The van der Waals surface area contributed by atoms with Gasteiger partial charge in [0.25, 0.3) is 0 Å². The number of fused-ring (bicyclic) bond motifs is 1. The Balaban J connectivity index is 2.15. The topological polar surface area (TPSA) is 41.8 Å². The standard InChI is InChI=1S/C14H19FN2/c1-2-3-4-12(16)7-10-9-17-14-6-5-11(15)8-13(10)14/h5-6,8-9,12,17H,2-4,7,16H2,1H3. The van der Waals surface area contributed by atoms with E-state index in [0.717, 1.165) is 42.1 Å². The molecule has 3 N–H and O–H groups in total. The highest BCUT2D eigenvalue weighted by molar-refractivity contribution is 5.83. The molecule has 0 aliphatic rings. The first-order valence-corrected chi connectivity index (χ1v) is 6.21. The number of nitrogens with one attached hydrogen (secondary N) is 1. The summed E-state index contributed by atoms with van der Waals surface area (Å²) in [5.41, 5.74) is 8.16. The van der Waals surface area contributed by atoms with Crippen LogP contribution in [0.4, 0.5) is 4.39 Å². The number of rotatable bonds is 5. The van der Waals surface area contributed by atoms with Crippen LogP contribution in [0.2, 0.25) is 0 Å². The van der Waals surface area contributed by atoms with Crippen molar-refractivity contribution in [2.75, 3.05) is 0 Å². The Bertz CT molecular complexity index is 490. The summed E-state index contributed by atoms with van der Waals surface area (Å²) in [4.78, 5) is 3.15. The summed E-state index contributed by atoms with van der Waals surface area (Å²) in [7, 11) is 0. The van der Waals surface area contributed by atoms with Crippen LogP contribution in [-0.2, 0) is 6.42 Å². The zero-order chi connectivity index (χ0) is 12.3. The van der Waals surface area contributed by atoms with Gasteiger partial charge in [-0.1, -0.05) is 19.8 Å². The largest absolute Gasteiger partial charge is 0.361 e. The van der Waals surface area contributed by atoms with Gasteiger partial charge in [0.15, 0.2) is 0 Å². The molecule has 1 aromatic carbocycles. The Morgan fingerprint density at radius 3 is 3.00 bits per heavy atom. The van der Waals surface area contributed by atoms with Gasteiger partial charge in [0, 0.05) is 23.1 Å². The lowest BCUT2D eigenvalue weighted by molar-refractivity contribution is 0.575. The van der Waals surface area contributed by atoms with Crippen LogP contribution in [0.1, 0.15) is 31.7 Å². The van der Waals surface area contributed by atoms with Crippen molar-refractivity contribution in [2.45, 2.75) is 38.6 Å². The number of aromatic nitrogens is 1. The zero-order valence-corrected chi connectivity index (χ0v) is 10.2. The molecule has 2 rings (SSSR count). The molecule has 1 aromatic heterocycles. The third kappa shape index (κ3) is 2.86. The predicted molar refractivity (Wildman–Crippen MR) is 69.5 cm³/mol. The highest BCUT2D eigenvalue weighted by Gasteiger charge is 2.09. The molecule has 0 radical (unpaired) electrons.